The van der Waals surface area contributed by atoms with Crippen molar-refractivity contribution in [2.24, 2.45) is 0 Å². The van der Waals surface area contributed by atoms with E-state index < -0.39 is 12.1 Å². The number of amides is 1. The van der Waals surface area contributed by atoms with Crippen molar-refractivity contribution in [3.8, 4) is 11.1 Å². The molecular formula is C19H21NO3. The van der Waals surface area contributed by atoms with E-state index >= 15 is 0 Å². The molecule has 0 aliphatic carbocycles. The molecule has 0 radical (unpaired) electrons. The van der Waals surface area contributed by atoms with Gasteiger partial charge in [0.15, 0.2) is 6.10 Å². The van der Waals surface area contributed by atoms with Gasteiger partial charge < -0.3 is 10.1 Å². The highest BCUT2D eigenvalue weighted by Crippen LogP contribution is 2.19. The van der Waals surface area contributed by atoms with Gasteiger partial charge in [-0.1, -0.05) is 42.5 Å². The van der Waals surface area contributed by atoms with Gasteiger partial charge in [-0.15, -0.1) is 0 Å². The number of carbonyl (C=O) groups excluding carboxylic acids is 2. The monoisotopic (exact) mass is 311 g/mol. The van der Waals surface area contributed by atoms with Gasteiger partial charge in [-0.3, -0.25) is 4.79 Å². The quantitative estimate of drug-likeness (QED) is 0.861. The van der Waals surface area contributed by atoms with E-state index in [1.807, 2.05) is 56.3 Å². The van der Waals surface area contributed by atoms with E-state index in [9.17, 15) is 9.59 Å². The molecule has 4 nitrogen and oxygen atoms in total. The van der Waals surface area contributed by atoms with Crippen molar-refractivity contribution in [1.82, 2.24) is 5.32 Å². The molecule has 1 N–H and O–H groups in total. The molecule has 0 spiro atoms. The molecule has 1 atom stereocenters. The maximum absolute atomic E-state index is 12.1. The molecule has 1 amide bonds. The maximum atomic E-state index is 12.1. The Hall–Kier alpha value is -2.62. The van der Waals surface area contributed by atoms with E-state index in [1.54, 1.807) is 19.1 Å². The lowest BCUT2D eigenvalue weighted by Gasteiger charge is -2.15. The Labute approximate surface area is 136 Å². The van der Waals surface area contributed by atoms with Crippen LogP contribution >= 0.6 is 0 Å². The summed E-state index contributed by atoms with van der Waals surface area (Å²) >= 11 is 0. The molecule has 0 aromatic heterocycles. The van der Waals surface area contributed by atoms with Gasteiger partial charge in [0.2, 0.25) is 0 Å². The van der Waals surface area contributed by atoms with Gasteiger partial charge >= 0.3 is 5.97 Å². The summed E-state index contributed by atoms with van der Waals surface area (Å²) in [5, 5.41) is 2.71. The minimum absolute atomic E-state index is 0.00816. The average Bonchev–Trinajstić information content (AvgIpc) is 2.55. The third-order valence-corrected chi connectivity index (χ3v) is 3.31. The molecule has 120 valence electrons. The standard InChI is InChI=1S/C19H21NO3/c1-13(2)20-18(21)14(3)23-19(22)17-11-9-16(10-12-17)15-7-5-4-6-8-15/h4-14H,1-3H3,(H,20,21). The summed E-state index contributed by atoms with van der Waals surface area (Å²) in [4.78, 5) is 23.9. The normalized spacial score (nSPS) is 11.8. The van der Waals surface area contributed by atoms with E-state index in [0.29, 0.717) is 5.56 Å². The molecule has 0 saturated carbocycles. The number of ether oxygens (including phenoxy) is 1. The summed E-state index contributed by atoms with van der Waals surface area (Å²) < 4.78 is 5.19. The van der Waals surface area contributed by atoms with Crippen LogP contribution in [-0.2, 0) is 9.53 Å². The molecule has 2 rings (SSSR count). The Morgan fingerprint density at radius 2 is 1.43 bits per heavy atom. The number of carbonyl (C=O) groups is 2. The lowest BCUT2D eigenvalue weighted by Crippen LogP contribution is -2.39. The highest BCUT2D eigenvalue weighted by atomic mass is 16.5. The number of hydrogen-bond donors (Lipinski definition) is 1. The van der Waals surface area contributed by atoms with Gasteiger partial charge in [-0.25, -0.2) is 4.79 Å². The van der Waals surface area contributed by atoms with Crippen molar-refractivity contribution in [2.45, 2.75) is 32.9 Å². The van der Waals surface area contributed by atoms with E-state index in [0.717, 1.165) is 11.1 Å². The van der Waals surface area contributed by atoms with Gasteiger partial charge in [-0.2, -0.15) is 0 Å². The van der Waals surface area contributed by atoms with Gasteiger partial charge in [0, 0.05) is 6.04 Å². The fourth-order valence-corrected chi connectivity index (χ4v) is 2.11. The number of rotatable bonds is 5. The van der Waals surface area contributed by atoms with Crippen molar-refractivity contribution < 1.29 is 14.3 Å². The van der Waals surface area contributed by atoms with E-state index in [1.165, 1.54) is 0 Å². The molecule has 0 aliphatic heterocycles. The first kappa shape index (κ1) is 16.7. The van der Waals surface area contributed by atoms with Crippen molar-refractivity contribution in [2.75, 3.05) is 0 Å². The van der Waals surface area contributed by atoms with Crippen LogP contribution in [0.15, 0.2) is 54.6 Å². The minimum atomic E-state index is -0.821. The SMILES string of the molecule is CC(C)NC(=O)C(C)OC(=O)c1ccc(-c2ccccc2)cc1. The molecule has 0 aliphatic rings. The summed E-state index contributed by atoms with van der Waals surface area (Å²) in [5.74, 6) is -0.801. The lowest BCUT2D eigenvalue weighted by atomic mass is 10.0. The smallest absolute Gasteiger partial charge is 0.338 e. The molecule has 2 aromatic carbocycles. The Bertz CT molecular complexity index is 663. The predicted octanol–water partition coefficient (Wildman–Crippen LogP) is 3.42. The molecule has 4 heteroatoms. The zero-order valence-corrected chi connectivity index (χ0v) is 13.6. The van der Waals surface area contributed by atoms with Crippen LogP contribution in [0.1, 0.15) is 31.1 Å². The third-order valence-electron chi connectivity index (χ3n) is 3.31. The van der Waals surface area contributed by atoms with Crippen LogP contribution in [0.3, 0.4) is 0 Å². The fraction of sp³-hybridized carbons (Fsp3) is 0.263. The Morgan fingerprint density at radius 3 is 2.00 bits per heavy atom. The fourth-order valence-electron chi connectivity index (χ4n) is 2.11. The first-order valence-electron chi connectivity index (χ1n) is 7.64. The molecule has 2 aromatic rings. The first-order valence-corrected chi connectivity index (χ1v) is 7.64. The third kappa shape index (κ3) is 4.68. The zero-order chi connectivity index (χ0) is 16.8. The number of benzene rings is 2. The van der Waals surface area contributed by atoms with E-state index in [4.69, 9.17) is 4.74 Å². The number of hydrogen-bond acceptors (Lipinski definition) is 3. The number of nitrogens with one attached hydrogen (secondary N) is 1. The van der Waals surface area contributed by atoms with Gasteiger partial charge in [-0.05, 0) is 44.0 Å². The molecule has 0 fully saturated rings. The summed E-state index contributed by atoms with van der Waals surface area (Å²) in [6.45, 7) is 5.28. The second-order valence-electron chi connectivity index (χ2n) is 5.65. The van der Waals surface area contributed by atoms with Crippen molar-refractivity contribution in [3.63, 3.8) is 0 Å². The average molecular weight is 311 g/mol. The highest BCUT2D eigenvalue weighted by Gasteiger charge is 2.19. The van der Waals surface area contributed by atoms with E-state index in [2.05, 4.69) is 5.32 Å². The Morgan fingerprint density at radius 1 is 0.870 bits per heavy atom. The summed E-state index contributed by atoms with van der Waals surface area (Å²) in [6, 6.07) is 17.1. The number of esters is 1. The first-order chi connectivity index (χ1) is 11.0. The molecule has 1 unspecified atom stereocenters. The van der Waals surface area contributed by atoms with Crippen LogP contribution in [-0.4, -0.2) is 24.0 Å². The minimum Gasteiger partial charge on any atom is -0.449 e. The van der Waals surface area contributed by atoms with Crippen LogP contribution in [0, 0.1) is 0 Å². The molecule has 23 heavy (non-hydrogen) atoms. The van der Waals surface area contributed by atoms with Crippen molar-refractivity contribution >= 4 is 11.9 Å². The highest BCUT2D eigenvalue weighted by molar-refractivity contribution is 5.92. The predicted molar refractivity (Wildman–Crippen MR) is 90.0 cm³/mol. The van der Waals surface area contributed by atoms with Gasteiger partial charge in [0.1, 0.15) is 0 Å². The second-order valence-corrected chi connectivity index (χ2v) is 5.65. The van der Waals surface area contributed by atoms with Crippen LogP contribution in [0.25, 0.3) is 11.1 Å². The van der Waals surface area contributed by atoms with Crippen molar-refractivity contribution in [3.05, 3.63) is 60.2 Å². The van der Waals surface area contributed by atoms with Crippen LogP contribution in [0.5, 0.6) is 0 Å². The Balaban J connectivity index is 2.02. The molecule has 0 saturated heterocycles. The van der Waals surface area contributed by atoms with E-state index in [-0.39, 0.29) is 11.9 Å². The summed E-state index contributed by atoms with van der Waals surface area (Å²) in [5.41, 5.74) is 2.53. The summed E-state index contributed by atoms with van der Waals surface area (Å²) in [7, 11) is 0. The Kier molecular flexibility index (Phi) is 5.52. The molecule has 0 heterocycles. The summed E-state index contributed by atoms with van der Waals surface area (Å²) in [6.07, 6.45) is -0.821. The molecular weight excluding hydrogens is 290 g/mol. The van der Waals surface area contributed by atoms with Crippen LogP contribution in [0.4, 0.5) is 0 Å². The zero-order valence-electron chi connectivity index (χ0n) is 13.6. The topological polar surface area (TPSA) is 55.4 Å². The van der Waals surface area contributed by atoms with Gasteiger partial charge in [0.25, 0.3) is 5.91 Å². The largest absolute Gasteiger partial charge is 0.449 e. The van der Waals surface area contributed by atoms with Crippen LogP contribution in [0.2, 0.25) is 0 Å². The molecule has 0 bridgehead atoms. The second kappa shape index (κ2) is 7.58. The lowest BCUT2D eigenvalue weighted by molar-refractivity contribution is -0.129. The van der Waals surface area contributed by atoms with Gasteiger partial charge in [0.05, 0.1) is 5.56 Å². The maximum Gasteiger partial charge on any atom is 0.338 e. The van der Waals surface area contributed by atoms with Crippen molar-refractivity contribution in [1.29, 1.82) is 0 Å². The van der Waals surface area contributed by atoms with Crippen LogP contribution < -0.4 is 5.32 Å².